The van der Waals surface area contributed by atoms with Crippen molar-refractivity contribution in [3.63, 3.8) is 0 Å². The Morgan fingerprint density at radius 1 is 1.29 bits per heavy atom. The van der Waals surface area contributed by atoms with E-state index < -0.39 is 0 Å². The number of hydrogen-bond donors (Lipinski definition) is 1. The lowest BCUT2D eigenvalue weighted by Gasteiger charge is -2.30. The van der Waals surface area contributed by atoms with Crippen molar-refractivity contribution in [2.24, 2.45) is 5.92 Å². The molecule has 2 aliphatic heterocycles. The van der Waals surface area contributed by atoms with Crippen molar-refractivity contribution in [1.29, 1.82) is 0 Å². The summed E-state index contributed by atoms with van der Waals surface area (Å²) < 4.78 is 11.0. The molecule has 2 heterocycles. The van der Waals surface area contributed by atoms with Crippen LogP contribution in [0.2, 0.25) is 0 Å². The van der Waals surface area contributed by atoms with Gasteiger partial charge in [-0.25, -0.2) is 0 Å². The highest BCUT2D eigenvalue weighted by molar-refractivity contribution is 4.83. The van der Waals surface area contributed by atoms with Gasteiger partial charge in [-0.05, 0) is 32.6 Å². The third-order valence-electron chi connectivity index (χ3n) is 3.32. The molecule has 0 radical (unpaired) electrons. The van der Waals surface area contributed by atoms with E-state index in [9.17, 15) is 5.11 Å². The largest absolute Gasteiger partial charge is 0.390 e. The SMILES string of the molecule is CC1CCC(C(O)C2CCCOC2)O1. The van der Waals surface area contributed by atoms with Gasteiger partial charge >= 0.3 is 0 Å². The van der Waals surface area contributed by atoms with Crippen LogP contribution in [-0.2, 0) is 9.47 Å². The Morgan fingerprint density at radius 3 is 2.71 bits per heavy atom. The second-order valence-corrected chi connectivity index (χ2v) is 4.53. The summed E-state index contributed by atoms with van der Waals surface area (Å²) in [6.45, 7) is 3.63. The standard InChI is InChI=1S/C11H20O3/c1-8-4-5-10(14-8)11(12)9-3-2-6-13-7-9/h8-12H,2-7H2,1H3. The Balaban J connectivity index is 1.84. The van der Waals surface area contributed by atoms with E-state index in [0.717, 1.165) is 32.3 Å². The minimum absolute atomic E-state index is 0.0525. The number of ether oxygens (including phenoxy) is 2. The molecule has 2 rings (SSSR count). The molecule has 2 saturated heterocycles. The van der Waals surface area contributed by atoms with Crippen molar-refractivity contribution in [3.8, 4) is 0 Å². The number of aliphatic hydroxyl groups is 1. The van der Waals surface area contributed by atoms with Crippen molar-refractivity contribution < 1.29 is 14.6 Å². The van der Waals surface area contributed by atoms with Gasteiger partial charge in [-0.1, -0.05) is 0 Å². The smallest absolute Gasteiger partial charge is 0.0852 e. The van der Waals surface area contributed by atoms with Gasteiger partial charge in [0.05, 0.1) is 24.9 Å². The molecule has 14 heavy (non-hydrogen) atoms. The van der Waals surface area contributed by atoms with Gasteiger partial charge in [0, 0.05) is 12.5 Å². The maximum Gasteiger partial charge on any atom is 0.0852 e. The van der Waals surface area contributed by atoms with Gasteiger partial charge < -0.3 is 14.6 Å². The maximum atomic E-state index is 10.1. The predicted octanol–water partition coefficient (Wildman–Crippen LogP) is 1.34. The Morgan fingerprint density at radius 2 is 2.14 bits per heavy atom. The highest BCUT2D eigenvalue weighted by atomic mass is 16.5. The average Bonchev–Trinajstić information content (AvgIpc) is 2.65. The summed E-state index contributed by atoms with van der Waals surface area (Å²) >= 11 is 0. The fraction of sp³-hybridized carbons (Fsp3) is 1.00. The highest BCUT2D eigenvalue weighted by Gasteiger charge is 2.34. The van der Waals surface area contributed by atoms with Crippen molar-refractivity contribution in [3.05, 3.63) is 0 Å². The first-order chi connectivity index (χ1) is 6.77. The van der Waals surface area contributed by atoms with E-state index in [1.165, 1.54) is 0 Å². The van der Waals surface area contributed by atoms with Crippen molar-refractivity contribution in [2.75, 3.05) is 13.2 Å². The van der Waals surface area contributed by atoms with Crippen molar-refractivity contribution >= 4 is 0 Å². The molecular weight excluding hydrogens is 180 g/mol. The minimum Gasteiger partial charge on any atom is -0.390 e. The summed E-state index contributed by atoms with van der Waals surface area (Å²) in [5, 5.41) is 10.1. The summed E-state index contributed by atoms with van der Waals surface area (Å²) in [7, 11) is 0. The van der Waals surface area contributed by atoms with Crippen LogP contribution in [0.1, 0.15) is 32.6 Å². The molecule has 3 heteroatoms. The van der Waals surface area contributed by atoms with E-state index in [-0.39, 0.29) is 12.2 Å². The lowest BCUT2D eigenvalue weighted by atomic mass is 9.91. The Labute approximate surface area is 85.4 Å². The normalized spacial score (nSPS) is 41.1. The van der Waals surface area contributed by atoms with Gasteiger partial charge in [0.2, 0.25) is 0 Å². The zero-order chi connectivity index (χ0) is 9.97. The first kappa shape index (κ1) is 10.4. The van der Waals surface area contributed by atoms with Gasteiger partial charge in [-0.3, -0.25) is 0 Å². The van der Waals surface area contributed by atoms with E-state index in [0.29, 0.717) is 18.6 Å². The van der Waals surface area contributed by atoms with Crippen LogP contribution in [0.25, 0.3) is 0 Å². The monoisotopic (exact) mass is 200 g/mol. The van der Waals surface area contributed by atoms with E-state index >= 15 is 0 Å². The maximum absolute atomic E-state index is 10.1. The summed E-state index contributed by atoms with van der Waals surface area (Å²) in [6, 6.07) is 0. The molecule has 0 saturated carbocycles. The second-order valence-electron chi connectivity index (χ2n) is 4.53. The molecule has 0 spiro atoms. The van der Waals surface area contributed by atoms with Crippen LogP contribution in [-0.4, -0.2) is 36.6 Å². The molecule has 2 fully saturated rings. The summed E-state index contributed by atoms with van der Waals surface area (Å²) in [5.41, 5.74) is 0. The second kappa shape index (κ2) is 4.60. The first-order valence-corrected chi connectivity index (χ1v) is 5.68. The molecule has 3 nitrogen and oxygen atoms in total. The van der Waals surface area contributed by atoms with Gasteiger partial charge in [-0.15, -0.1) is 0 Å². The Kier molecular flexibility index (Phi) is 3.42. The molecule has 82 valence electrons. The molecule has 0 aromatic heterocycles. The van der Waals surface area contributed by atoms with Gasteiger partial charge in [0.25, 0.3) is 0 Å². The Hall–Kier alpha value is -0.120. The Bertz CT molecular complexity index is 173. The number of aliphatic hydroxyl groups excluding tert-OH is 1. The topological polar surface area (TPSA) is 38.7 Å². The quantitative estimate of drug-likeness (QED) is 0.731. The molecule has 1 N–H and O–H groups in total. The molecule has 0 aromatic rings. The van der Waals surface area contributed by atoms with Crippen LogP contribution in [0.5, 0.6) is 0 Å². The van der Waals surface area contributed by atoms with Crippen LogP contribution in [0, 0.1) is 5.92 Å². The lowest BCUT2D eigenvalue weighted by Crippen LogP contribution is -2.38. The van der Waals surface area contributed by atoms with Crippen molar-refractivity contribution in [2.45, 2.75) is 50.9 Å². The predicted molar refractivity (Wildman–Crippen MR) is 53.1 cm³/mol. The molecule has 0 aliphatic carbocycles. The zero-order valence-electron chi connectivity index (χ0n) is 8.82. The molecule has 0 aromatic carbocycles. The zero-order valence-corrected chi connectivity index (χ0v) is 8.82. The fourth-order valence-electron chi connectivity index (χ4n) is 2.42. The summed E-state index contributed by atoms with van der Waals surface area (Å²) in [5.74, 6) is 0.291. The van der Waals surface area contributed by atoms with Gasteiger partial charge in [-0.2, -0.15) is 0 Å². The number of hydrogen-bond acceptors (Lipinski definition) is 3. The third-order valence-corrected chi connectivity index (χ3v) is 3.32. The van der Waals surface area contributed by atoms with Crippen LogP contribution in [0.4, 0.5) is 0 Å². The lowest BCUT2D eigenvalue weighted by molar-refractivity contribution is -0.0843. The van der Waals surface area contributed by atoms with Gasteiger partial charge in [0.1, 0.15) is 0 Å². The molecular formula is C11H20O3. The van der Waals surface area contributed by atoms with E-state index in [1.807, 2.05) is 0 Å². The van der Waals surface area contributed by atoms with Crippen LogP contribution < -0.4 is 0 Å². The van der Waals surface area contributed by atoms with E-state index in [1.54, 1.807) is 0 Å². The number of rotatable bonds is 2. The summed E-state index contributed by atoms with van der Waals surface area (Å²) in [4.78, 5) is 0. The van der Waals surface area contributed by atoms with E-state index in [2.05, 4.69) is 6.92 Å². The summed E-state index contributed by atoms with van der Waals surface area (Å²) in [6.07, 6.45) is 4.28. The van der Waals surface area contributed by atoms with Crippen molar-refractivity contribution in [1.82, 2.24) is 0 Å². The van der Waals surface area contributed by atoms with Crippen LogP contribution >= 0.6 is 0 Å². The van der Waals surface area contributed by atoms with Crippen LogP contribution in [0.3, 0.4) is 0 Å². The van der Waals surface area contributed by atoms with Crippen LogP contribution in [0.15, 0.2) is 0 Å². The molecule has 0 bridgehead atoms. The third kappa shape index (κ3) is 2.27. The average molecular weight is 200 g/mol. The highest BCUT2D eigenvalue weighted by Crippen LogP contribution is 2.28. The fourth-order valence-corrected chi connectivity index (χ4v) is 2.42. The first-order valence-electron chi connectivity index (χ1n) is 5.68. The molecule has 4 unspecified atom stereocenters. The molecule has 2 aliphatic rings. The molecule has 4 atom stereocenters. The molecule has 0 amide bonds. The van der Waals surface area contributed by atoms with Gasteiger partial charge in [0.15, 0.2) is 0 Å². The van der Waals surface area contributed by atoms with E-state index in [4.69, 9.17) is 9.47 Å². The minimum atomic E-state index is -0.319.